The zero-order valence-corrected chi connectivity index (χ0v) is 13.5. The average Bonchev–Trinajstić information content (AvgIpc) is 2.35. The first-order chi connectivity index (χ1) is 9.10. The largest absolute Gasteiger partial charge is 0.309 e. The van der Waals surface area contributed by atoms with E-state index < -0.39 is 0 Å². The van der Waals surface area contributed by atoms with Crippen molar-refractivity contribution in [1.29, 1.82) is 0 Å². The molecule has 0 aliphatic carbocycles. The standard InChI is InChI=1S/C13H15BrCl2N2O/c14-1-2-17-5-8-3-9(7-17)12-10(15)4-11(16)13(19)18(12)6-8/h4,8-9H,1-3,5-7H2/t8-,9+/m0/s1. The lowest BCUT2D eigenvalue weighted by Crippen LogP contribution is -2.47. The quantitative estimate of drug-likeness (QED) is 0.753. The molecule has 6 heteroatoms. The number of fused-ring (bicyclic) bond motifs is 4. The van der Waals surface area contributed by atoms with Gasteiger partial charge in [-0.15, -0.1) is 0 Å². The van der Waals surface area contributed by atoms with E-state index in [0.717, 1.165) is 43.6 Å². The molecule has 0 aromatic carbocycles. The Balaban J connectivity index is 2.02. The SMILES string of the molecule is O=c1c(Cl)cc(Cl)c2n1C[C@H]1C[C@@H]2CN(CCBr)C1. The minimum Gasteiger partial charge on any atom is -0.309 e. The maximum atomic E-state index is 12.2. The van der Waals surface area contributed by atoms with E-state index in [1.54, 1.807) is 10.6 Å². The highest BCUT2D eigenvalue weighted by atomic mass is 79.9. The topological polar surface area (TPSA) is 25.2 Å². The number of likely N-dealkylation sites (tertiary alicyclic amines) is 1. The monoisotopic (exact) mass is 364 g/mol. The second-order valence-electron chi connectivity index (χ2n) is 5.39. The minimum absolute atomic E-state index is 0.0929. The first kappa shape index (κ1) is 13.9. The van der Waals surface area contributed by atoms with Crippen LogP contribution >= 0.6 is 39.1 Å². The Morgan fingerprint density at radius 2 is 2.05 bits per heavy atom. The summed E-state index contributed by atoms with van der Waals surface area (Å²) in [5.74, 6) is 0.876. The number of hydrogen-bond donors (Lipinski definition) is 0. The molecule has 0 spiro atoms. The van der Waals surface area contributed by atoms with Gasteiger partial charge in [0.1, 0.15) is 5.02 Å². The van der Waals surface area contributed by atoms with E-state index in [2.05, 4.69) is 20.8 Å². The summed E-state index contributed by atoms with van der Waals surface area (Å²) in [6.07, 6.45) is 1.12. The van der Waals surface area contributed by atoms with Gasteiger partial charge in [-0.25, -0.2) is 0 Å². The summed E-state index contributed by atoms with van der Waals surface area (Å²) < 4.78 is 1.80. The van der Waals surface area contributed by atoms with Gasteiger partial charge in [0.15, 0.2) is 0 Å². The molecule has 3 rings (SSSR count). The summed E-state index contributed by atoms with van der Waals surface area (Å²) in [7, 11) is 0. The van der Waals surface area contributed by atoms with Gasteiger partial charge in [0, 0.05) is 43.1 Å². The number of nitrogens with zero attached hydrogens (tertiary/aromatic N) is 2. The lowest BCUT2D eigenvalue weighted by Gasteiger charge is -2.43. The van der Waals surface area contributed by atoms with Gasteiger partial charge in [-0.05, 0) is 18.4 Å². The van der Waals surface area contributed by atoms with Crippen molar-refractivity contribution in [1.82, 2.24) is 9.47 Å². The maximum Gasteiger partial charge on any atom is 0.269 e. The molecule has 1 saturated heterocycles. The highest BCUT2D eigenvalue weighted by Gasteiger charge is 2.36. The van der Waals surface area contributed by atoms with Crippen LogP contribution in [0.2, 0.25) is 10.0 Å². The van der Waals surface area contributed by atoms with Crippen molar-refractivity contribution in [2.24, 2.45) is 5.92 Å². The molecule has 0 saturated carbocycles. The van der Waals surface area contributed by atoms with Crippen LogP contribution in [0, 0.1) is 5.92 Å². The summed E-state index contributed by atoms with van der Waals surface area (Å²) in [5.41, 5.74) is 0.885. The van der Waals surface area contributed by atoms with Gasteiger partial charge in [0.05, 0.1) is 5.02 Å². The van der Waals surface area contributed by atoms with E-state index in [-0.39, 0.29) is 10.6 Å². The van der Waals surface area contributed by atoms with Crippen molar-refractivity contribution < 1.29 is 0 Å². The molecular weight excluding hydrogens is 351 g/mol. The molecule has 2 atom stereocenters. The second-order valence-corrected chi connectivity index (χ2v) is 7.00. The molecule has 3 heterocycles. The van der Waals surface area contributed by atoms with Gasteiger partial charge >= 0.3 is 0 Å². The van der Waals surface area contributed by atoms with Crippen molar-refractivity contribution in [3.05, 3.63) is 32.2 Å². The minimum atomic E-state index is -0.0929. The van der Waals surface area contributed by atoms with Gasteiger partial charge in [-0.3, -0.25) is 4.79 Å². The normalized spacial score (nSPS) is 26.3. The number of halogens is 3. The molecule has 2 aliphatic rings. The fraction of sp³-hybridized carbons (Fsp3) is 0.615. The molecule has 0 amide bonds. The van der Waals surface area contributed by atoms with E-state index in [1.807, 2.05) is 0 Å². The number of piperidine rings is 1. The third-order valence-corrected chi connectivity index (χ3v) is 5.01. The molecule has 0 N–H and O–H groups in total. The Kier molecular flexibility index (Phi) is 3.96. The van der Waals surface area contributed by atoms with Gasteiger partial charge in [0.25, 0.3) is 5.56 Å². The summed E-state index contributed by atoms with van der Waals surface area (Å²) in [6.45, 7) is 3.81. The van der Waals surface area contributed by atoms with E-state index in [9.17, 15) is 4.79 Å². The van der Waals surface area contributed by atoms with Crippen molar-refractivity contribution in [3.63, 3.8) is 0 Å². The number of hydrogen-bond acceptors (Lipinski definition) is 2. The molecule has 19 heavy (non-hydrogen) atoms. The molecule has 2 bridgehead atoms. The Morgan fingerprint density at radius 3 is 2.79 bits per heavy atom. The van der Waals surface area contributed by atoms with Crippen LogP contribution < -0.4 is 5.56 Å². The maximum absolute atomic E-state index is 12.2. The molecular formula is C13H15BrCl2N2O. The summed E-state index contributed by atoms with van der Waals surface area (Å²) in [4.78, 5) is 14.6. The summed E-state index contributed by atoms with van der Waals surface area (Å²) in [5, 5.41) is 1.84. The van der Waals surface area contributed by atoms with Gasteiger partial charge in [0.2, 0.25) is 0 Å². The van der Waals surface area contributed by atoms with Crippen LogP contribution in [0.25, 0.3) is 0 Å². The van der Waals surface area contributed by atoms with Crippen LogP contribution in [0.3, 0.4) is 0 Å². The van der Waals surface area contributed by atoms with Crippen molar-refractivity contribution in [2.75, 3.05) is 25.0 Å². The van der Waals surface area contributed by atoms with Crippen molar-refractivity contribution >= 4 is 39.1 Å². The van der Waals surface area contributed by atoms with E-state index in [0.29, 0.717) is 16.9 Å². The molecule has 1 aromatic rings. The first-order valence-electron chi connectivity index (χ1n) is 6.47. The molecule has 2 aliphatic heterocycles. The lowest BCUT2D eigenvalue weighted by molar-refractivity contribution is 0.127. The fourth-order valence-electron chi connectivity index (χ4n) is 3.40. The lowest BCUT2D eigenvalue weighted by atomic mass is 9.83. The average molecular weight is 366 g/mol. The van der Waals surface area contributed by atoms with E-state index in [1.165, 1.54) is 0 Å². The molecule has 1 fully saturated rings. The Morgan fingerprint density at radius 1 is 1.26 bits per heavy atom. The predicted octanol–water partition coefficient (Wildman–Crippen LogP) is 2.97. The number of rotatable bonds is 2. The smallest absolute Gasteiger partial charge is 0.269 e. The fourth-order valence-corrected chi connectivity index (χ4v) is 4.54. The van der Waals surface area contributed by atoms with Crippen molar-refractivity contribution in [2.45, 2.75) is 18.9 Å². The Bertz CT molecular complexity index is 560. The van der Waals surface area contributed by atoms with Crippen LogP contribution in [0.5, 0.6) is 0 Å². The summed E-state index contributed by atoms with van der Waals surface area (Å²) >= 11 is 15.8. The summed E-state index contributed by atoms with van der Waals surface area (Å²) in [6, 6.07) is 1.60. The van der Waals surface area contributed by atoms with Crippen molar-refractivity contribution in [3.8, 4) is 0 Å². The predicted molar refractivity (Wildman–Crippen MR) is 81.8 cm³/mol. The Labute approximate surface area is 130 Å². The molecule has 0 unspecified atom stereocenters. The zero-order valence-electron chi connectivity index (χ0n) is 10.4. The number of alkyl halides is 1. The van der Waals surface area contributed by atoms with Crippen LogP contribution in [-0.2, 0) is 6.54 Å². The van der Waals surface area contributed by atoms with Gasteiger partial charge in [-0.1, -0.05) is 39.1 Å². The number of pyridine rings is 1. The highest BCUT2D eigenvalue weighted by molar-refractivity contribution is 9.09. The molecule has 0 radical (unpaired) electrons. The zero-order chi connectivity index (χ0) is 13.6. The third-order valence-electron chi connectivity index (χ3n) is 4.08. The van der Waals surface area contributed by atoms with Crippen LogP contribution in [0.1, 0.15) is 18.0 Å². The van der Waals surface area contributed by atoms with Crippen LogP contribution in [0.4, 0.5) is 0 Å². The third kappa shape index (κ3) is 2.48. The van der Waals surface area contributed by atoms with E-state index >= 15 is 0 Å². The first-order valence-corrected chi connectivity index (χ1v) is 8.35. The van der Waals surface area contributed by atoms with Crippen LogP contribution in [0.15, 0.2) is 10.9 Å². The van der Waals surface area contributed by atoms with Gasteiger partial charge in [-0.2, -0.15) is 0 Å². The molecule has 3 nitrogen and oxygen atoms in total. The molecule has 104 valence electrons. The van der Waals surface area contributed by atoms with Gasteiger partial charge < -0.3 is 9.47 Å². The van der Waals surface area contributed by atoms with Crippen LogP contribution in [-0.4, -0.2) is 34.4 Å². The Hall–Kier alpha value is -0.0300. The van der Waals surface area contributed by atoms with E-state index in [4.69, 9.17) is 23.2 Å². The molecule has 1 aromatic heterocycles. The highest BCUT2D eigenvalue weighted by Crippen LogP contribution is 2.38. The number of aromatic nitrogens is 1. The second kappa shape index (κ2) is 5.40.